The Morgan fingerprint density at radius 1 is 1.12 bits per heavy atom. The number of hydrogen-bond acceptors (Lipinski definition) is 4. The molecule has 1 aromatic rings. The lowest BCUT2D eigenvalue weighted by Gasteiger charge is -2.33. The van der Waals surface area contributed by atoms with E-state index < -0.39 is 0 Å². The van der Waals surface area contributed by atoms with E-state index in [0.717, 1.165) is 25.1 Å². The van der Waals surface area contributed by atoms with Crippen LogP contribution in [-0.4, -0.2) is 52.3 Å². The molecule has 0 bridgehead atoms. The molecule has 0 spiro atoms. The fourth-order valence-electron chi connectivity index (χ4n) is 3.76. The molecule has 2 amide bonds. The number of hydrazine groups is 1. The minimum absolute atomic E-state index is 0.0903. The highest BCUT2D eigenvalue weighted by atomic mass is 16.2. The Morgan fingerprint density at radius 2 is 1.96 bits per heavy atom. The van der Waals surface area contributed by atoms with Crippen LogP contribution in [0.4, 0.5) is 0 Å². The van der Waals surface area contributed by atoms with Crippen LogP contribution in [0.15, 0.2) is 42.7 Å². The Bertz CT molecular complexity index is 660. The van der Waals surface area contributed by atoms with Crippen LogP contribution in [0.2, 0.25) is 0 Å². The minimum Gasteiger partial charge on any atom is -0.338 e. The van der Waals surface area contributed by atoms with Crippen LogP contribution in [0.1, 0.15) is 18.4 Å². The average molecular weight is 326 g/mol. The molecule has 0 saturated carbocycles. The van der Waals surface area contributed by atoms with E-state index in [1.54, 1.807) is 4.90 Å². The Hall–Kier alpha value is -2.34. The molecule has 2 atom stereocenters. The molecule has 0 aromatic heterocycles. The molecule has 1 aromatic carbocycles. The monoisotopic (exact) mass is 326 g/mol. The second-order valence-corrected chi connectivity index (χ2v) is 6.74. The van der Waals surface area contributed by atoms with Gasteiger partial charge in [0.15, 0.2) is 0 Å². The summed E-state index contributed by atoms with van der Waals surface area (Å²) >= 11 is 0. The predicted molar refractivity (Wildman–Crippen MR) is 89.1 cm³/mol. The van der Waals surface area contributed by atoms with E-state index in [2.05, 4.69) is 5.43 Å². The number of hydrogen-bond donors (Lipinski definition) is 1. The number of fused-ring (bicyclic) bond motifs is 1. The van der Waals surface area contributed by atoms with E-state index in [0.29, 0.717) is 19.5 Å². The fourth-order valence-corrected chi connectivity index (χ4v) is 3.76. The molecule has 0 radical (unpaired) electrons. The van der Waals surface area contributed by atoms with Crippen molar-refractivity contribution in [3.05, 3.63) is 48.3 Å². The van der Waals surface area contributed by atoms with E-state index >= 15 is 0 Å². The molecule has 1 N–H and O–H groups in total. The summed E-state index contributed by atoms with van der Waals surface area (Å²) in [4.78, 5) is 28.5. The number of carbonyl (C=O) groups excluding carboxylic acids is 2. The molecule has 3 aliphatic heterocycles. The van der Waals surface area contributed by atoms with Crippen molar-refractivity contribution in [3.63, 3.8) is 0 Å². The molecule has 4 rings (SSSR count). The number of carbonyl (C=O) groups is 2. The van der Waals surface area contributed by atoms with Crippen LogP contribution in [0, 0.1) is 5.92 Å². The number of nitrogens with zero attached hydrogens (tertiary/aromatic N) is 3. The molecule has 24 heavy (non-hydrogen) atoms. The summed E-state index contributed by atoms with van der Waals surface area (Å²) in [6.07, 6.45) is 5.12. The molecule has 0 aliphatic carbocycles. The first-order chi connectivity index (χ1) is 11.7. The first-order valence-corrected chi connectivity index (χ1v) is 8.53. The topological polar surface area (TPSA) is 55.9 Å². The van der Waals surface area contributed by atoms with Crippen molar-refractivity contribution in [2.45, 2.75) is 25.4 Å². The standard InChI is InChI=1S/C18H22N4O2/c23-17-10-15(13-21(17)11-14-4-2-1-3-5-14)12-20-8-9-22-16(18(20)24)6-7-19-22/h1-5,8-9,15-16,19H,6-7,10-13H2. The third-order valence-electron chi connectivity index (χ3n) is 4.99. The molecule has 3 aliphatic rings. The van der Waals surface area contributed by atoms with Gasteiger partial charge in [0.1, 0.15) is 6.04 Å². The Kier molecular flexibility index (Phi) is 3.98. The van der Waals surface area contributed by atoms with Crippen molar-refractivity contribution < 1.29 is 9.59 Å². The molecule has 6 nitrogen and oxygen atoms in total. The third kappa shape index (κ3) is 2.89. The minimum atomic E-state index is -0.0903. The van der Waals surface area contributed by atoms with Gasteiger partial charge in [-0.1, -0.05) is 30.3 Å². The maximum atomic E-state index is 12.5. The number of nitrogens with one attached hydrogen (secondary N) is 1. The molecule has 3 heterocycles. The van der Waals surface area contributed by atoms with Crippen molar-refractivity contribution in [2.75, 3.05) is 19.6 Å². The number of benzene rings is 1. The van der Waals surface area contributed by atoms with Crippen LogP contribution in [0.5, 0.6) is 0 Å². The SMILES string of the molecule is O=C1C2CCNN2C=CN1CC1CC(=O)N(Cc2ccccc2)C1. The van der Waals surface area contributed by atoms with Gasteiger partial charge in [-0.3, -0.25) is 9.59 Å². The Balaban J connectivity index is 1.37. The van der Waals surface area contributed by atoms with Gasteiger partial charge in [0, 0.05) is 50.9 Å². The molecule has 126 valence electrons. The lowest BCUT2D eigenvalue weighted by molar-refractivity contribution is -0.135. The van der Waals surface area contributed by atoms with E-state index in [1.807, 2.05) is 52.6 Å². The van der Waals surface area contributed by atoms with Gasteiger partial charge in [-0.05, 0) is 12.0 Å². The molecule has 6 heteroatoms. The summed E-state index contributed by atoms with van der Waals surface area (Å²) in [5, 5.41) is 1.89. The largest absolute Gasteiger partial charge is 0.338 e. The summed E-state index contributed by atoms with van der Waals surface area (Å²) < 4.78 is 0. The van der Waals surface area contributed by atoms with Gasteiger partial charge >= 0.3 is 0 Å². The highest BCUT2D eigenvalue weighted by molar-refractivity contribution is 5.84. The third-order valence-corrected chi connectivity index (χ3v) is 4.99. The summed E-state index contributed by atoms with van der Waals surface area (Å²) in [7, 11) is 0. The molecular weight excluding hydrogens is 304 g/mol. The van der Waals surface area contributed by atoms with Gasteiger partial charge in [-0.2, -0.15) is 0 Å². The average Bonchev–Trinajstić information content (AvgIpc) is 3.19. The highest BCUT2D eigenvalue weighted by Gasteiger charge is 2.37. The maximum Gasteiger partial charge on any atom is 0.250 e. The summed E-state index contributed by atoms with van der Waals surface area (Å²) in [6.45, 7) is 2.83. The van der Waals surface area contributed by atoms with E-state index in [1.165, 1.54) is 0 Å². The van der Waals surface area contributed by atoms with Gasteiger partial charge in [0.05, 0.1) is 0 Å². The predicted octanol–water partition coefficient (Wildman–Crippen LogP) is 0.927. The highest BCUT2D eigenvalue weighted by Crippen LogP contribution is 2.24. The lowest BCUT2D eigenvalue weighted by atomic mass is 10.1. The first-order valence-electron chi connectivity index (χ1n) is 8.53. The lowest BCUT2D eigenvalue weighted by Crippen LogP contribution is -2.49. The van der Waals surface area contributed by atoms with Crippen molar-refractivity contribution in [1.29, 1.82) is 0 Å². The maximum absolute atomic E-state index is 12.5. The van der Waals surface area contributed by atoms with Crippen molar-refractivity contribution >= 4 is 11.8 Å². The first kappa shape index (κ1) is 15.2. The molecule has 2 fully saturated rings. The van der Waals surface area contributed by atoms with E-state index in [4.69, 9.17) is 0 Å². The van der Waals surface area contributed by atoms with Gasteiger partial charge in [-0.25, -0.2) is 5.43 Å². The van der Waals surface area contributed by atoms with Gasteiger partial charge < -0.3 is 14.8 Å². The van der Waals surface area contributed by atoms with Crippen molar-refractivity contribution in [2.24, 2.45) is 5.92 Å². The Morgan fingerprint density at radius 3 is 2.79 bits per heavy atom. The molecule has 2 saturated heterocycles. The number of likely N-dealkylation sites (tertiary alicyclic amines) is 1. The van der Waals surface area contributed by atoms with Crippen LogP contribution >= 0.6 is 0 Å². The van der Waals surface area contributed by atoms with Crippen LogP contribution in [0.25, 0.3) is 0 Å². The normalized spacial score (nSPS) is 26.4. The quantitative estimate of drug-likeness (QED) is 0.894. The zero-order valence-electron chi connectivity index (χ0n) is 13.6. The number of rotatable bonds is 4. The Labute approximate surface area is 141 Å². The second-order valence-electron chi connectivity index (χ2n) is 6.74. The van der Waals surface area contributed by atoms with E-state index in [9.17, 15) is 9.59 Å². The van der Waals surface area contributed by atoms with Crippen molar-refractivity contribution in [1.82, 2.24) is 20.2 Å². The zero-order valence-corrected chi connectivity index (χ0v) is 13.6. The molecule has 2 unspecified atom stereocenters. The van der Waals surface area contributed by atoms with Crippen molar-refractivity contribution in [3.8, 4) is 0 Å². The smallest absolute Gasteiger partial charge is 0.250 e. The second kappa shape index (κ2) is 6.28. The zero-order chi connectivity index (χ0) is 16.5. The van der Waals surface area contributed by atoms with Gasteiger partial charge in [-0.15, -0.1) is 0 Å². The summed E-state index contributed by atoms with van der Waals surface area (Å²) in [5.41, 5.74) is 4.33. The van der Waals surface area contributed by atoms with E-state index in [-0.39, 0.29) is 23.8 Å². The van der Waals surface area contributed by atoms with Gasteiger partial charge in [0.2, 0.25) is 5.91 Å². The fraction of sp³-hybridized carbons (Fsp3) is 0.444. The van der Waals surface area contributed by atoms with Crippen LogP contribution < -0.4 is 5.43 Å². The van der Waals surface area contributed by atoms with Crippen LogP contribution in [0.3, 0.4) is 0 Å². The number of amides is 2. The summed E-state index contributed by atoms with van der Waals surface area (Å²) in [6, 6.07) is 9.96. The van der Waals surface area contributed by atoms with Gasteiger partial charge in [0.25, 0.3) is 5.91 Å². The summed E-state index contributed by atoms with van der Waals surface area (Å²) in [5.74, 6) is 0.522. The molecular formula is C18H22N4O2. The van der Waals surface area contributed by atoms with Crippen LogP contribution in [-0.2, 0) is 16.1 Å².